The number of anilines is 1. The van der Waals surface area contributed by atoms with Gasteiger partial charge in [0.25, 0.3) is 0 Å². The van der Waals surface area contributed by atoms with Crippen molar-refractivity contribution in [1.82, 2.24) is 20.1 Å². The van der Waals surface area contributed by atoms with Gasteiger partial charge in [0.05, 0.1) is 17.0 Å². The number of para-hydroxylation sites is 1. The van der Waals surface area contributed by atoms with Crippen LogP contribution in [0, 0.1) is 6.92 Å². The molecule has 0 saturated heterocycles. The molecule has 4 aromatic rings. The summed E-state index contributed by atoms with van der Waals surface area (Å²) < 4.78 is 1.89. The van der Waals surface area contributed by atoms with Crippen LogP contribution in [0.15, 0.2) is 83.9 Å². The molecule has 2 amide bonds. The first kappa shape index (κ1) is 21.1. The van der Waals surface area contributed by atoms with Gasteiger partial charge in [-0.2, -0.15) is 0 Å². The zero-order valence-electron chi connectivity index (χ0n) is 18.1. The molecule has 5 rings (SSSR count). The number of carbonyl (C=O) groups excluding carboxylic acids is 1. The molecule has 0 aliphatic carbocycles. The molecule has 1 aromatic heterocycles. The number of carboxylic acid groups (broad SMARTS) is 1. The molecule has 2 heterocycles. The number of urea groups is 1. The first-order valence-electron chi connectivity index (χ1n) is 10.6. The molecule has 3 N–H and O–H groups in total. The Labute approximate surface area is 194 Å². The molecule has 3 aromatic carbocycles. The van der Waals surface area contributed by atoms with Crippen molar-refractivity contribution in [2.45, 2.75) is 13.1 Å². The maximum atomic E-state index is 12.9. The number of carbonyl (C=O) groups is 2. The molecule has 168 valence electrons. The standard InChI is InChI=1S/C25H20N6O3/c1-15-29-30-23-22(28-25(34)26-18-13-11-17(12-14-18)24(32)33)27-21(16-7-3-2-4-8-16)19-9-5-6-10-20(19)31(15)23/h2-14,22H,1H3,(H,32,33)(H2,26,28,34). The molecule has 34 heavy (non-hydrogen) atoms. The van der Waals surface area contributed by atoms with E-state index in [2.05, 4.69) is 20.8 Å². The average Bonchev–Trinajstić information content (AvgIpc) is 3.17. The Morgan fingerprint density at radius 1 is 0.912 bits per heavy atom. The van der Waals surface area contributed by atoms with Gasteiger partial charge in [-0.3, -0.25) is 9.56 Å². The third-order valence-corrected chi connectivity index (χ3v) is 5.46. The maximum Gasteiger partial charge on any atom is 0.335 e. The summed E-state index contributed by atoms with van der Waals surface area (Å²) in [6.07, 6.45) is -0.818. The quantitative estimate of drug-likeness (QED) is 0.433. The van der Waals surface area contributed by atoms with Gasteiger partial charge in [0.1, 0.15) is 5.82 Å². The van der Waals surface area contributed by atoms with Gasteiger partial charge in [0, 0.05) is 16.8 Å². The van der Waals surface area contributed by atoms with Crippen LogP contribution in [0.25, 0.3) is 5.69 Å². The normalized spacial score (nSPS) is 14.3. The summed E-state index contributed by atoms with van der Waals surface area (Å²) in [5, 5.41) is 23.2. The lowest BCUT2D eigenvalue weighted by atomic mass is 10.0. The van der Waals surface area contributed by atoms with E-state index >= 15 is 0 Å². The second kappa shape index (κ2) is 8.62. The number of hydrogen-bond acceptors (Lipinski definition) is 5. The highest BCUT2D eigenvalue weighted by Gasteiger charge is 2.29. The molecule has 1 atom stereocenters. The molecule has 0 spiro atoms. The van der Waals surface area contributed by atoms with E-state index in [1.807, 2.05) is 66.1 Å². The highest BCUT2D eigenvalue weighted by Crippen LogP contribution is 2.29. The lowest BCUT2D eigenvalue weighted by Gasteiger charge is -2.15. The smallest absolute Gasteiger partial charge is 0.335 e. The van der Waals surface area contributed by atoms with Crippen molar-refractivity contribution in [2.75, 3.05) is 5.32 Å². The Kier molecular flexibility index (Phi) is 5.35. The van der Waals surface area contributed by atoms with Crippen molar-refractivity contribution in [1.29, 1.82) is 0 Å². The summed E-state index contributed by atoms with van der Waals surface area (Å²) in [6, 6.07) is 23.0. The van der Waals surface area contributed by atoms with Crippen LogP contribution >= 0.6 is 0 Å². The van der Waals surface area contributed by atoms with Crippen LogP contribution in [0.1, 0.15) is 39.3 Å². The minimum Gasteiger partial charge on any atom is -0.478 e. The second-order valence-electron chi connectivity index (χ2n) is 7.69. The van der Waals surface area contributed by atoms with Crippen LogP contribution < -0.4 is 10.6 Å². The SMILES string of the molecule is Cc1nnc2n1-c1ccccc1C(c1ccccc1)=NC2NC(=O)Nc1ccc(C(=O)O)cc1. The Balaban J connectivity index is 1.53. The number of aryl methyl sites for hydroxylation is 1. The van der Waals surface area contributed by atoms with Crippen LogP contribution in [0.3, 0.4) is 0 Å². The van der Waals surface area contributed by atoms with Crippen molar-refractivity contribution in [3.8, 4) is 5.69 Å². The van der Waals surface area contributed by atoms with E-state index in [-0.39, 0.29) is 5.56 Å². The van der Waals surface area contributed by atoms with E-state index in [0.717, 1.165) is 22.5 Å². The Bertz CT molecular complexity index is 1410. The number of fused-ring (bicyclic) bond motifs is 3. The first-order chi connectivity index (χ1) is 16.5. The number of aromatic carboxylic acids is 1. The lowest BCUT2D eigenvalue weighted by molar-refractivity contribution is 0.0697. The zero-order valence-corrected chi connectivity index (χ0v) is 18.1. The number of benzene rings is 3. The van der Waals surface area contributed by atoms with E-state index in [1.54, 1.807) is 0 Å². The number of nitrogens with one attached hydrogen (secondary N) is 2. The van der Waals surface area contributed by atoms with Crippen LogP contribution in [0.2, 0.25) is 0 Å². The number of carboxylic acids is 1. The summed E-state index contributed by atoms with van der Waals surface area (Å²) in [4.78, 5) is 28.8. The van der Waals surface area contributed by atoms with Gasteiger partial charge >= 0.3 is 12.0 Å². The zero-order chi connectivity index (χ0) is 23.7. The summed E-state index contributed by atoms with van der Waals surface area (Å²) in [6.45, 7) is 1.85. The highest BCUT2D eigenvalue weighted by molar-refractivity contribution is 6.15. The van der Waals surface area contributed by atoms with Crippen LogP contribution in [-0.4, -0.2) is 37.6 Å². The predicted molar refractivity (Wildman–Crippen MR) is 126 cm³/mol. The molecule has 9 heteroatoms. The van der Waals surface area contributed by atoms with Crippen molar-refractivity contribution >= 4 is 23.4 Å². The van der Waals surface area contributed by atoms with E-state index in [4.69, 9.17) is 10.1 Å². The van der Waals surface area contributed by atoms with Gasteiger partial charge in [0.15, 0.2) is 12.0 Å². The molecule has 0 fully saturated rings. The fourth-order valence-corrected chi connectivity index (χ4v) is 3.89. The van der Waals surface area contributed by atoms with Gasteiger partial charge < -0.3 is 15.7 Å². The third-order valence-electron chi connectivity index (χ3n) is 5.46. The highest BCUT2D eigenvalue weighted by atomic mass is 16.4. The largest absolute Gasteiger partial charge is 0.478 e. The van der Waals surface area contributed by atoms with Crippen molar-refractivity contribution in [3.05, 3.63) is 107 Å². The summed E-state index contributed by atoms with van der Waals surface area (Å²) in [5.74, 6) is 0.113. The average molecular weight is 452 g/mol. The first-order valence-corrected chi connectivity index (χ1v) is 10.6. The van der Waals surface area contributed by atoms with Gasteiger partial charge in [0.2, 0.25) is 0 Å². The maximum absolute atomic E-state index is 12.9. The van der Waals surface area contributed by atoms with Crippen LogP contribution in [-0.2, 0) is 0 Å². The molecule has 9 nitrogen and oxygen atoms in total. The fourth-order valence-electron chi connectivity index (χ4n) is 3.89. The van der Waals surface area contributed by atoms with Crippen LogP contribution in [0.5, 0.6) is 0 Å². The lowest BCUT2D eigenvalue weighted by Crippen LogP contribution is -2.33. The summed E-state index contributed by atoms with van der Waals surface area (Å²) >= 11 is 0. The minimum atomic E-state index is -1.04. The van der Waals surface area contributed by atoms with E-state index in [9.17, 15) is 9.59 Å². The number of amides is 2. The molecule has 1 aliphatic heterocycles. The van der Waals surface area contributed by atoms with Crippen molar-refractivity contribution < 1.29 is 14.7 Å². The van der Waals surface area contributed by atoms with Crippen LogP contribution in [0.4, 0.5) is 10.5 Å². The number of aromatic nitrogens is 3. The Morgan fingerprint density at radius 3 is 2.35 bits per heavy atom. The Morgan fingerprint density at radius 2 is 1.62 bits per heavy atom. The fraction of sp³-hybridized carbons (Fsp3) is 0.0800. The van der Waals surface area contributed by atoms with Gasteiger partial charge in [-0.05, 0) is 37.3 Å². The molecular weight excluding hydrogens is 432 g/mol. The monoisotopic (exact) mass is 452 g/mol. The molecule has 0 saturated carbocycles. The molecular formula is C25H20N6O3. The summed E-state index contributed by atoms with van der Waals surface area (Å²) in [5.41, 5.74) is 3.97. The number of nitrogens with zero attached hydrogens (tertiary/aromatic N) is 4. The molecule has 1 unspecified atom stereocenters. The van der Waals surface area contributed by atoms with Gasteiger partial charge in [-0.15, -0.1) is 10.2 Å². The number of hydrogen-bond donors (Lipinski definition) is 3. The number of aliphatic imine (C=N–C) groups is 1. The molecule has 1 aliphatic rings. The Hall–Kier alpha value is -4.79. The summed E-state index contributed by atoms with van der Waals surface area (Å²) in [7, 11) is 0. The minimum absolute atomic E-state index is 0.133. The topological polar surface area (TPSA) is 122 Å². The van der Waals surface area contributed by atoms with Gasteiger partial charge in [-0.1, -0.05) is 48.5 Å². The van der Waals surface area contributed by atoms with Crippen molar-refractivity contribution in [2.24, 2.45) is 4.99 Å². The van der Waals surface area contributed by atoms with Crippen molar-refractivity contribution in [3.63, 3.8) is 0 Å². The van der Waals surface area contributed by atoms with E-state index in [0.29, 0.717) is 17.3 Å². The van der Waals surface area contributed by atoms with E-state index in [1.165, 1.54) is 24.3 Å². The number of rotatable bonds is 4. The molecule has 0 radical (unpaired) electrons. The predicted octanol–water partition coefficient (Wildman–Crippen LogP) is 3.95. The van der Waals surface area contributed by atoms with E-state index < -0.39 is 18.2 Å². The molecule has 0 bridgehead atoms. The third kappa shape index (κ3) is 3.90. The van der Waals surface area contributed by atoms with Gasteiger partial charge in [-0.25, -0.2) is 9.59 Å². The second-order valence-corrected chi connectivity index (χ2v) is 7.69.